The predicted octanol–water partition coefficient (Wildman–Crippen LogP) is 4.18. The second kappa shape index (κ2) is 4.91. The Morgan fingerprint density at radius 3 is 2.12 bits per heavy atom. The van der Waals surface area contributed by atoms with Crippen LogP contribution in [0.4, 0.5) is 0 Å². The first-order valence-electron chi connectivity index (χ1n) is 7.69. The molecule has 1 saturated carbocycles. The van der Waals surface area contributed by atoms with E-state index in [1.807, 2.05) is 0 Å². The van der Waals surface area contributed by atoms with Crippen molar-refractivity contribution < 1.29 is 0 Å². The molecule has 0 aromatic carbocycles. The summed E-state index contributed by atoms with van der Waals surface area (Å²) >= 11 is 0. The number of nitrogens with zero attached hydrogens (tertiary/aromatic N) is 1. The van der Waals surface area contributed by atoms with Crippen LogP contribution in [0.1, 0.15) is 60.3 Å². The minimum Gasteiger partial charge on any atom is -0.300 e. The zero-order valence-electron chi connectivity index (χ0n) is 12.5. The number of hydrogen-bond donors (Lipinski definition) is 0. The zero-order valence-corrected chi connectivity index (χ0v) is 12.5. The molecule has 2 aliphatic rings. The van der Waals surface area contributed by atoms with E-state index in [1.54, 1.807) is 0 Å². The summed E-state index contributed by atoms with van der Waals surface area (Å²) in [6.07, 6.45) is 5.80. The summed E-state index contributed by atoms with van der Waals surface area (Å²) in [4.78, 5) is 2.81. The van der Waals surface area contributed by atoms with Crippen LogP contribution in [0.2, 0.25) is 0 Å². The third-order valence-corrected chi connectivity index (χ3v) is 5.83. The molecule has 0 aromatic heterocycles. The highest BCUT2D eigenvalue weighted by molar-refractivity contribution is 4.96. The van der Waals surface area contributed by atoms with E-state index < -0.39 is 0 Å². The fraction of sp³-hybridized carbons (Fsp3) is 1.00. The number of likely N-dealkylation sites (tertiary alicyclic amines) is 1. The van der Waals surface area contributed by atoms with E-state index >= 15 is 0 Å². The molecule has 100 valence electrons. The van der Waals surface area contributed by atoms with Gasteiger partial charge in [-0.05, 0) is 49.0 Å². The number of rotatable bonds is 3. The van der Waals surface area contributed by atoms with Gasteiger partial charge in [0, 0.05) is 12.6 Å². The van der Waals surface area contributed by atoms with Gasteiger partial charge in [-0.3, -0.25) is 4.90 Å². The van der Waals surface area contributed by atoms with Crippen LogP contribution in [0.15, 0.2) is 0 Å². The second-order valence-corrected chi connectivity index (χ2v) is 7.35. The molecule has 0 bridgehead atoms. The lowest BCUT2D eigenvalue weighted by molar-refractivity contribution is -0.0477. The molecule has 2 atom stereocenters. The van der Waals surface area contributed by atoms with Crippen molar-refractivity contribution in [3.05, 3.63) is 0 Å². The van der Waals surface area contributed by atoms with Gasteiger partial charge in [0.05, 0.1) is 0 Å². The third-order valence-electron chi connectivity index (χ3n) is 5.83. The maximum Gasteiger partial charge on any atom is 0.00955 e. The fourth-order valence-corrected chi connectivity index (χ4v) is 4.04. The Balaban J connectivity index is 2.09. The quantitative estimate of drug-likeness (QED) is 0.712. The Hall–Kier alpha value is -0.0400. The Bertz CT molecular complexity index is 254. The minimum absolute atomic E-state index is 0.530. The highest BCUT2D eigenvalue weighted by Gasteiger charge is 2.44. The van der Waals surface area contributed by atoms with Gasteiger partial charge < -0.3 is 0 Å². The Kier molecular flexibility index (Phi) is 3.87. The monoisotopic (exact) mass is 237 g/mol. The van der Waals surface area contributed by atoms with Crippen LogP contribution in [0.25, 0.3) is 0 Å². The second-order valence-electron chi connectivity index (χ2n) is 7.35. The Morgan fingerprint density at radius 1 is 1.06 bits per heavy atom. The average Bonchev–Trinajstić information content (AvgIpc) is 2.14. The molecule has 0 radical (unpaired) electrons. The molecule has 1 nitrogen and oxygen atoms in total. The van der Waals surface area contributed by atoms with Gasteiger partial charge in [-0.25, -0.2) is 0 Å². The molecular formula is C16H31N. The summed E-state index contributed by atoms with van der Waals surface area (Å²) in [6, 6.07) is 0.932. The minimum atomic E-state index is 0.530. The summed E-state index contributed by atoms with van der Waals surface area (Å²) in [5.41, 5.74) is 0.530. The molecule has 0 amide bonds. The fourth-order valence-electron chi connectivity index (χ4n) is 4.04. The van der Waals surface area contributed by atoms with Gasteiger partial charge in [0.15, 0.2) is 0 Å². The Morgan fingerprint density at radius 2 is 1.71 bits per heavy atom. The highest BCUT2D eigenvalue weighted by atomic mass is 15.2. The van der Waals surface area contributed by atoms with Crippen molar-refractivity contribution in [3.8, 4) is 0 Å². The molecule has 0 aromatic rings. The van der Waals surface area contributed by atoms with Crippen LogP contribution in [-0.2, 0) is 0 Å². The maximum atomic E-state index is 2.81. The van der Waals surface area contributed by atoms with Gasteiger partial charge >= 0.3 is 0 Å². The molecule has 0 N–H and O–H groups in total. The molecule has 1 aliphatic heterocycles. The molecule has 1 saturated heterocycles. The van der Waals surface area contributed by atoms with Crippen LogP contribution in [0.5, 0.6) is 0 Å². The first kappa shape index (κ1) is 13.4. The largest absolute Gasteiger partial charge is 0.300 e. The molecule has 2 fully saturated rings. The summed E-state index contributed by atoms with van der Waals surface area (Å²) < 4.78 is 0. The van der Waals surface area contributed by atoms with Gasteiger partial charge in [-0.2, -0.15) is 0 Å². The van der Waals surface area contributed by atoms with E-state index in [-0.39, 0.29) is 0 Å². The van der Waals surface area contributed by atoms with Crippen molar-refractivity contribution in [1.82, 2.24) is 4.90 Å². The van der Waals surface area contributed by atoms with Crippen LogP contribution in [-0.4, -0.2) is 24.0 Å². The van der Waals surface area contributed by atoms with E-state index in [2.05, 4.69) is 39.5 Å². The van der Waals surface area contributed by atoms with Crippen LogP contribution >= 0.6 is 0 Å². The summed E-state index contributed by atoms with van der Waals surface area (Å²) in [5.74, 6) is 2.56. The van der Waals surface area contributed by atoms with E-state index in [4.69, 9.17) is 0 Å². The summed E-state index contributed by atoms with van der Waals surface area (Å²) in [7, 11) is 0. The van der Waals surface area contributed by atoms with Gasteiger partial charge in [-0.1, -0.05) is 41.0 Å². The van der Waals surface area contributed by atoms with Gasteiger partial charge in [-0.15, -0.1) is 0 Å². The number of hydrogen-bond acceptors (Lipinski definition) is 1. The Labute approximate surface area is 108 Å². The maximum absolute atomic E-state index is 2.81. The third kappa shape index (κ3) is 2.41. The normalized spacial score (nSPS) is 36.5. The summed E-state index contributed by atoms with van der Waals surface area (Å²) in [6.45, 7) is 15.0. The van der Waals surface area contributed by atoms with Crippen LogP contribution < -0.4 is 0 Å². The van der Waals surface area contributed by atoms with Crippen molar-refractivity contribution >= 4 is 0 Å². The van der Waals surface area contributed by atoms with Gasteiger partial charge in [0.25, 0.3) is 0 Å². The van der Waals surface area contributed by atoms with Crippen molar-refractivity contribution in [3.63, 3.8) is 0 Å². The number of piperidine rings is 1. The van der Waals surface area contributed by atoms with Gasteiger partial charge in [0.2, 0.25) is 0 Å². The van der Waals surface area contributed by atoms with Crippen molar-refractivity contribution in [2.45, 2.75) is 66.3 Å². The first-order valence-corrected chi connectivity index (χ1v) is 7.69. The lowest BCUT2D eigenvalue weighted by Gasteiger charge is -2.54. The molecule has 1 heterocycles. The zero-order chi connectivity index (χ0) is 12.6. The SMILES string of the molecule is CC(C)C1CCN(C2CCC2)CC1(C)C(C)C. The van der Waals surface area contributed by atoms with E-state index in [0.29, 0.717) is 5.41 Å². The molecule has 1 heteroatoms. The van der Waals surface area contributed by atoms with Gasteiger partial charge in [0.1, 0.15) is 0 Å². The van der Waals surface area contributed by atoms with Crippen LogP contribution in [0.3, 0.4) is 0 Å². The summed E-state index contributed by atoms with van der Waals surface area (Å²) in [5, 5.41) is 0. The van der Waals surface area contributed by atoms with Crippen LogP contribution in [0, 0.1) is 23.2 Å². The lowest BCUT2D eigenvalue weighted by Crippen LogP contribution is -2.55. The molecular weight excluding hydrogens is 206 g/mol. The van der Waals surface area contributed by atoms with Crippen molar-refractivity contribution in [2.75, 3.05) is 13.1 Å². The smallest absolute Gasteiger partial charge is 0.00955 e. The molecule has 0 spiro atoms. The molecule has 1 aliphatic carbocycles. The van der Waals surface area contributed by atoms with Crippen molar-refractivity contribution in [2.24, 2.45) is 23.2 Å². The molecule has 17 heavy (non-hydrogen) atoms. The first-order chi connectivity index (χ1) is 7.95. The lowest BCUT2D eigenvalue weighted by atomic mass is 9.61. The molecule has 2 rings (SSSR count). The predicted molar refractivity (Wildman–Crippen MR) is 75.1 cm³/mol. The molecule has 2 unspecified atom stereocenters. The standard InChI is InChI=1S/C16H31N/c1-12(2)15-9-10-17(14-7-6-8-14)11-16(15,5)13(3)4/h12-15H,6-11H2,1-5H3. The van der Waals surface area contributed by atoms with E-state index in [0.717, 1.165) is 23.8 Å². The highest BCUT2D eigenvalue weighted by Crippen LogP contribution is 2.46. The van der Waals surface area contributed by atoms with Crippen molar-refractivity contribution in [1.29, 1.82) is 0 Å². The van der Waals surface area contributed by atoms with E-state index in [9.17, 15) is 0 Å². The average molecular weight is 237 g/mol. The topological polar surface area (TPSA) is 3.24 Å². The van der Waals surface area contributed by atoms with E-state index in [1.165, 1.54) is 38.8 Å².